The number of carbonyl (C=O) groups excluding carboxylic acids is 2. The van der Waals surface area contributed by atoms with Crippen molar-refractivity contribution < 1.29 is 9.59 Å². The number of hydrogen-bond donors (Lipinski definition) is 2. The minimum atomic E-state index is -0.0913. The summed E-state index contributed by atoms with van der Waals surface area (Å²) in [6.45, 7) is 5.00. The Hall–Kier alpha value is -3.60. The molecule has 2 amide bonds. The van der Waals surface area contributed by atoms with Crippen molar-refractivity contribution in [2.24, 2.45) is 0 Å². The highest BCUT2D eigenvalue weighted by molar-refractivity contribution is 7.03. The lowest BCUT2D eigenvalue weighted by Gasteiger charge is -2.35. The Bertz CT molecular complexity index is 1050. The fourth-order valence-corrected chi connectivity index (χ4v) is 3.82. The lowest BCUT2D eigenvalue weighted by Crippen LogP contribution is -2.49. The highest BCUT2D eigenvalue weighted by Crippen LogP contribution is 2.23. The first kappa shape index (κ1) is 21.6. The standard InChI is InChI=1S/C21H24N8O2S/c1-15(30)22-7-8-23-18-13-19(25-20(24-18)16-5-3-2-4-6-16)28-9-11-29(12-10-28)21(31)17-14-32-27-26-17/h2-6,13-14H,7-12H2,1H3,(H,22,30)(H,23,24,25). The molecule has 4 rings (SSSR count). The van der Waals surface area contributed by atoms with Crippen LogP contribution in [0.5, 0.6) is 0 Å². The van der Waals surface area contributed by atoms with Gasteiger partial charge in [0.1, 0.15) is 11.6 Å². The molecule has 166 valence electrons. The molecule has 0 radical (unpaired) electrons. The number of piperazine rings is 1. The van der Waals surface area contributed by atoms with Gasteiger partial charge in [0.2, 0.25) is 5.91 Å². The first-order valence-electron chi connectivity index (χ1n) is 10.3. The zero-order chi connectivity index (χ0) is 22.3. The van der Waals surface area contributed by atoms with E-state index in [0.717, 1.165) is 11.4 Å². The summed E-state index contributed by atoms with van der Waals surface area (Å²) >= 11 is 1.17. The van der Waals surface area contributed by atoms with E-state index < -0.39 is 0 Å². The first-order valence-corrected chi connectivity index (χ1v) is 11.2. The van der Waals surface area contributed by atoms with Gasteiger partial charge in [0.15, 0.2) is 11.5 Å². The SMILES string of the molecule is CC(=O)NCCNc1cc(N2CCN(C(=O)c3csnn3)CC2)nc(-c2ccccc2)n1. The number of carbonyl (C=O) groups is 2. The van der Waals surface area contributed by atoms with Crippen LogP contribution in [0, 0.1) is 0 Å². The Morgan fingerprint density at radius 2 is 1.84 bits per heavy atom. The predicted molar refractivity (Wildman–Crippen MR) is 123 cm³/mol. The van der Waals surface area contributed by atoms with Gasteiger partial charge in [-0.2, -0.15) is 0 Å². The monoisotopic (exact) mass is 452 g/mol. The molecule has 0 unspecified atom stereocenters. The van der Waals surface area contributed by atoms with Crippen LogP contribution in [0.4, 0.5) is 11.6 Å². The minimum absolute atomic E-state index is 0.0685. The average molecular weight is 453 g/mol. The van der Waals surface area contributed by atoms with Gasteiger partial charge in [-0.25, -0.2) is 9.97 Å². The van der Waals surface area contributed by atoms with Crippen LogP contribution in [0.3, 0.4) is 0 Å². The van der Waals surface area contributed by atoms with Crippen molar-refractivity contribution in [3.8, 4) is 11.4 Å². The molecule has 1 aliphatic heterocycles. The molecule has 0 spiro atoms. The van der Waals surface area contributed by atoms with E-state index in [0.29, 0.717) is 56.6 Å². The number of amides is 2. The number of benzene rings is 1. The number of nitrogens with zero attached hydrogens (tertiary/aromatic N) is 6. The quantitative estimate of drug-likeness (QED) is 0.518. The number of rotatable bonds is 7. The van der Waals surface area contributed by atoms with Crippen molar-refractivity contribution >= 4 is 35.0 Å². The first-order chi connectivity index (χ1) is 15.6. The van der Waals surface area contributed by atoms with Gasteiger partial charge in [0.25, 0.3) is 5.91 Å². The highest BCUT2D eigenvalue weighted by Gasteiger charge is 2.25. The van der Waals surface area contributed by atoms with Crippen molar-refractivity contribution in [2.45, 2.75) is 6.92 Å². The van der Waals surface area contributed by atoms with Crippen LogP contribution in [-0.4, -0.2) is 75.5 Å². The number of aromatic nitrogens is 4. The molecule has 0 aliphatic carbocycles. The molecule has 1 aliphatic rings. The van der Waals surface area contributed by atoms with Crippen LogP contribution in [0.25, 0.3) is 11.4 Å². The second-order valence-electron chi connectivity index (χ2n) is 7.28. The van der Waals surface area contributed by atoms with E-state index in [1.54, 1.807) is 10.3 Å². The Morgan fingerprint density at radius 1 is 1.06 bits per heavy atom. The molecule has 3 heterocycles. The smallest absolute Gasteiger partial charge is 0.275 e. The Labute approximate surface area is 189 Å². The molecular weight excluding hydrogens is 428 g/mol. The van der Waals surface area contributed by atoms with E-state index in [1.165, 1.54) is 18.5 Å². The summed E-state index contributed by atoms with van der Waals surface area (Å²) in [4.78, 5) is 37.0. The van der Waals surface area contributed by atoms with Crippen molar-refractivity contribution in [2.75, 3.05) is 49.5 Å². The summed E-state index contributed by atoms with van der Waals surface area (Å²) in [5, 5.41) is 11.6. The molecule has 0 bridgehead atoms. The normalized spacial score (nSPS) is 13.7. The van der Waals surface area contributed by atoms with Gasteiger partial charge in [-0.3, -0.25) is 9.59 Å². The topological polar surface area (TPSA) is 116 Å². The van der Waals surface area contributed by atoms with E-state index >= 15 is 0 Å². The van der Waals surface area contributed by atoms with Gasteiger partial charge in [0.05, 0.1) is 0 Å². The summed E-state index contributed by atoms with van der Waals surface area (Å²) < 4.78 is 3.78. The zero-order valence-corrected chi connectivity index (χ0v) is 18.5. The third-order valence-corrected chi connectivity index (χ3v) is 5.52. The zero-order valence-electron chi connectivity index (χ0n) is 17.7. The molecule has 2 aromatic heterocycles. The minimum Gasteiger partial charge on any atom is -0.368 e. The van der Waals surface area contributed by atoms with Crippen LogP contribution in [0.2, 0.25) is 0 Å². The van der Waals surface area contributed by atoms with Crippen molar-refractivity contribution in [1.29, 1.82) is 0 Å². The average Bonchev–Trinajstić information content (AvgIpc) is 3.37. The Morgan fingerprint density at radius 3 is 2.53 bits per heavy atom. The molecule has 10 nitrogen and oxygen atoms in total. The van der Waals surface area contributed by atoms with Crippen molar-refractivity contribution in [3.05, 3.63) is 47.5 Å². The van der Waals surface area contributed by atoms with Gasteiger partial charge >= 0.3 is 0 Å². The summed E-state index contributed by atoms with van der Waals surface area (Å²) in [5.41, 5.74) is 1.31. The second-order valence-corrected chi connectivity index (χ2v) is 7.89. The highest BCUT2D eigenvalue weighted by atomic mass is 32.1. The predicted octanol–water partition coefficient (Wildman–Crippen LogP) is 1.51. The Balaban J connectivity index is 1.49. The number of nitrogens with one attached hydrogen (secondary N) is 2. The third-order valence-electron chi connectivity index (χ3n) is 5.02. The summed E-state index contributed by atoms with van der Waals surface area (Å²) in [7, 11) is 0. The second kappa shape index (κ2) is 10.1. The number of anilines is 2. The molecule has 0 atom stereocenters. The fourth-order valence-electron chi connectivity index (χ4n) is 3.39. The van der Waals surface area contributed by atoms with Crippen molar-refractivity contribution in [3.63, 3.8) is 0 Å². The van der Waals surface area contributed by atoms with E-state index in [1.807, 2.05) is 36.4 Å². The van der Waals surface area contributed by atoms with Crippen LogP contribution in [0.15, 0.2) is 41.8 Å². The van der Waals surface area contributed by atoms with E-state index in [-0.39, 0.29) is 11.8 Å². The van der Waals surface area contributed by atoms with Crippen LogP contribution in [-0.2, 0) is 4.79 Å². The molecule has 3 aromatic rings. The molecule has 32 heavy (non-hydrogen) atoms. The molecule has 1 fully saturated rings. The maximum Gasteiger partial charge on any atom is 0.275 e. The molecule has 1 saturated heterocycles. The lowest BCUT2D eigenvalue weighted by atomic mass is 10.2. The maximum absolute atomic E-state index is 12.5. The fraction of sp³-hybridized carbons (Fsp3) is 0.333. The largest absolute Gasteiger partial charge is 0.368 e. The van der Waals surface area contributed by atoms with Crippen LogP contribution < -0.4 is 15.5 Å². The summed E-state index contributed by atoms with van der Waals surface area (Å²) in [5.74, 6) is 1.94. The van der Waals surface area contributed by atoms with Crippen molar-refractivity contribution in [1.82, 2.24) is 29.8 Å². The summed E-state index contributed by atoms with van der Waals surface area (Å²) in [6.07, 6.45) is 0. The van der Waals surface area contributed by atoms with E-state index in [9.17, 15) is 9.59 Å². The van der Waals surface area contributed by atoms with E-state index in [4.69, 9.17) is 4.98 Å². The molecule has 2 N–H and O–H groups in total. The van der Waals surface area contributed by atoms with Gasteiger partial charge in [0, 0.05) is 63.2 Å². The molecule has 11 heteroatoms. The molecular formula is C21H24N8O2S. The molecule has 1 aromatic carbocycles. The third kappa shape index (κ3) is 5.35. The van der Waals surface area contributed by atoms with Gasteiger partial charge in [-0.15, -0.1) is 5.10 Å². The number of hydrogen-bond acceptors (Lipinski definition) is 9. The van der Waals surface area contributed by atoms with Gasteiger partial charge < -0.3 is 20.4 Å². The van der Waals surface area contributed by atoms with E-state index in [2.05, 4.69) is 30.1 Å². The lowest BCUT2D eigenvalue weighted by molar-refractivity contribution is -0.118. The van der Waals surface area contributed by atoms with Crippen LogP contribution >= 0.6 is 11.5 Å². The van der Waals surface area contributed by atoms with Crippen LogP contribution in [0.1, 0.15) is 17.4 Å². The molecule has 0 saturated carbocycles. The van der Waals surface area contributed by atoms with Gasteiger partial charge in [-0.05, 0) is 11.5 Å². The maximum atomic E-state index is 12.5. The van der Waals surface area contributed by atoms with Gasteiger partial charge in [-0.1, -0.05) is 34.8 Å². The summed E-state index contributed by atoms with van der Waals surface area (Å²) in [6, 6.07) is 11.7. The Kier molecular flexibility index (Phi) is 6.85.